The van der Waals surface area contributed by atoms with Crippen molar-refractivity contribution in [2.75, 3.05) is 19.8 Å². The maximum Gasteiger partial charge on any atom is 0.315 e. The van der Waals surface area contributed by atoms with Crippen LogP contribution in [0.1, 0.15) is 24.0 Å². The average Bonchev–Trinajstić information content (AvgIpc) is 3.26. The summed E-state index contributed by atoms with van der Waals surface area (Å²) in [5, 5.41) is 13.9. The molecular formula is C15H22N2O3. The highest BCUT2D eigenvalue weighted by Crippen LogP contribution is 2.30. The third-order valence-corrected chi connectivity index (χ3v) is 3.23. The lowest BCUT2D eigenvalue weighted by Gasteiger charge is -2.13. The fourth-order valence-corrected chi connectivity index (χ4v) is 1.84. The first-order valence-electron chi connectivity index (χ1n) is 7.04. The summed E-state index contributed by atoms with van der Waals surface area (Å²) in [7, 11) is 0. The van der Waals surface area contributed by atoms with E-state index >= 15 is 0 Å². The molecule has 110 valence electrons. The van der Waals surface area contributed by atoms with Crippen LogP contribution in [0.5, 0.6) is 5.75 Å². The van der Waals surface area contributed by atoms with E-state index in [1.807, 2.05) is 25.1 Å². The largest absolute Gasteiger partial charge is 0.493 e. The summed E-state index contributed by atoms with van der Waals surface area (Å²) < 4.78 is 5.84. The predicted molar refractivity (Wildman–Crippen MR) is 76.7 cm³/mol. The Hall–Kier alpha value is -1.75. The number of hydrogen-bond acceptors (Lipinski definition) is 3. The summed E-state index contributed by atoms with van der Waals surface area (Å²) in [6.45, 7) is 3.39. The van der Waals surface area contributed by atoms with E-state index in [1.54, 1.807) is 0 Å². The van der Waals surface area contributed by atoms with Crippen molar-refractivity contribution in [2.24, 2.45) is 5.92 Å². The standard InChI is InChI=1S/C15H22N2O3/c1-11-2-5-13(9-17-15(19)16-6-7-18)14(8-11)20-10-12-3-4-12/h2,5,8,12,18H,3-4,6-7,9-10H2,1H3,(H2,16,17,19). The number of aliphatic hydroxyl groups is 1. The van der Waals surface area contributed by atoms with Crippen molar-refractivity contribution in [1.82, 2.24) is 10.6 Å². The number of carbonyl (C=O) groups is 1. The van der Waals surface area contributed by atoms with Crippen molar-refractivity contribution in [3.63, 3.8) is 0 Å². The van der Waals surface area contributed by atoms with Crippen LogP contribution >= 0.6 is 0 Å². The van der Waals surface area contributed by atoms with Gasteiger partial charge in [0, 0.05) is 18.7 Å². The molecule has 3 N–H and O–H groups in total. The number of benzene rings is 1. The molecule has 0 unspecified atom stereocenters. The number of urea groups is 1. The van der Waals surface area contributed by atoms with Gasteiger partial charge < -0.3 is 20.5 Å². The second-order valence-electron chi connectivity index (χ2n) is 5.20. The highest BCUT2D eigenvalue weighted by molar-refractivity contribution is 5.73. The van der Waals surface area contributed by atoms with Crippen molar-refractivity contribution in [2.45, 2.75) is 26.3 Å². The molecule has 0 spiro atoms. The first kappa shape index (κ1) is 14.7. The van der Waals surface area contributed by atoms with Crippen LogP contribution in [-0.4, -0.2) is 30.9 Å². The molecule has 1 saturated carbocycles. The Morgan fingerprint density at radius 1 is 1.40 bits per heavy atom. The second-order valence-corrected chi connectivity index (χ2v) is 5.20. The van der Waals surface area contributed by atoms with Gasteiger partial charge in [-0.05, 0) is 37.3 Å². The van der Waals surface area contributed by atoms with Crippen molar-refractivity contribution >= 4 is 6.03 Å². The van der Waals surface area contributed by atoms with E-state index in [9.17, 15) is 4.79 Å². The van der Waals surface area contributed by atoms with Gasteiger partial charge in [-0.2, -0.15) is 0 Å². The Kier molecular flexibility index (Phi) is 5.24. The van der Waals surface area contributed by atoms with Gasteiger partial charge in [0.05, 0.1) is 13.2 Å². The van der Waals surface area contributed by atoms with Crippen LogP contribution in [0.2, 0.25) is 0 Å². The molecule has 1 aromatic carbocycles. The normalized spacial score (nSPS) is 13.9. The van der Waals surface area contributed by atoms with E-state index in [2.05, 4.69) is 10.6 Å². The fourth-order valence-electron chi connectivity index (χ4n) is 1.84. The van der Waals surface area contributed by atoms with Gasteiger partial charge in [0.25, 0.3) is 0 Å². The minimum atomic E-state index is -0.284. The van der Waals surface area contributed by atoms with Crippen molar-refractivity contribution < 1.29 is 14.6 Å². The van der Waals surface area contributed by atoms with E-state index < -0.39 is 0 Å². The molecule has 1 fully saturated rings. The summed E-state index contributed by atoms with van der Waals surface area (Å²) in [5.41, 5.74) is 2.11. The Morgan fingerprint density at radius 2 is 2.20 bits per heavy atom. The van der Waals surface area contributed by atoms with Gasteiger partial charge in [0.15, 0.2) is 0 Å². The van der Waals surface area contributed by atoms with Gasteiger partial charge in [0.2, 0.25) is 0 Å². The molecule has 5 nitrogen and oxygen atoms in total. The Labute approximate surface area is 119 Å². The summed E-state index contributed by atoms with van der Waals surface area (Å²) in [6.07, 6.45) is 2.51. The lowest BCUT2D eigenvalue weighted by molar-refractivity contribution is 0.233. The van der Waals surface area contributed by atoms with Gasteiger partial charge in [-0.15, -0.1) is 0 Å². The van der Waals surface area contributed by atoms with Crippen LogP contribution < -0.4 is 15.4 Å². The lowest BCUT2D eigenvalue weighted by Crippen LogP contribution is -2.36. The van der Waals surface area contributed by atoms with Gasteiger partial charge >= 0.3 is 6.03 Å². The molecule has 20 heavy (non-hydrogen) atoms. The minimum absolute atomic E-state index is 0.0618. The molecule has 1 aliphatic rings. The van der Waals surface area contributed by atoms with Crippen LogP contribution in [0.4, 0.5) is 4.79 Å². The molecule has 0 bridgehead atoms. The number of amides is 2. The molecular weight excluding hydrogens is 256 g/mol. The fraction of sp³-hybridized carbons (Fsp3) is 0.533. The molecule has 1 aliphatic carbocycles. The molecule has 0 radical (unpaired) electrons. The van der Waals surface area contributed by atoms with Crippen molar-refractivity contribution in [1.29, 1.82) is 0 Å². The van der Waals surface area contributed by atoms with Gasteiger partial charge in [-0.3, -0.25) is 0 Å². The van der Waals surface area contributed by atoms with E-state index in [1.165, 1.54) is 12.8 Å². The zero-order valence-electron chi connectivity index (χ0n) is 11.8. The maximum atomic E-state index is 11.5. The quantitative estimate of drug-likeness (QED) is 0.709. The zero-order chi connectivity index (χ0) is 14.4. The topological polar surface area (TPSA) is 70.6 Å². The summed E-state index contributed by atoms with van der Waals surface area (Å²) in [6, 6.07) is 5.70. The molecule has 2 amide bonds. The number of carbonyl (C=O) groups excluding carboxylic acids is 1. The van der Waals surface area contributed by atoms with Crippen LogP contribution in [-0.2, 0) is 6.54 Å². The Morgan fingerprint density at radius 3 is 2.90 bits per heavy atom. The van der Waals surface area contributed by atoms with E-state index in [-0.39, 0.29) is 19.2 Å². The molecule has 0 heterocycles. The average molecular weight is 278 g/mol. The second kappa shape index (κ2) is 7.14. The van der Waals surface area contributed by atoms with Crippen LogP contribution in [0.15, 0.2) is 18.2 Å². The van der Waals surface area contributed by atoms with E-state index in [4.69, 9.17) is 9.84 Å². The van der Waals surface area contributed by atoms with Gasteiger partial charge in [-0.25, -0.2) is 4.79 Å². The zero-order valence-corrected chi connectivity index (χ0v) is 11.8. The first-order chi connectivity index (χ1) is 9.69. The van der Waals surface area contributed by atoms with E-state index in [0.717, 1.165) is 23.5 Å². The summed E-state index contributed by atoms with van der Waals surface area (Å²) >= 11 is 0. The van der Waals surface area contributed by atoms with Crippen molar-refractivity contribution in [3.05, 3.63) is 29.3 Å². The summed E-state index contributed by atoms with van der Waals surface area (Å²) in [5.74, 6) is 1.54. The molecule has 0 aromatic heterocycles. The smallest absolute Gasteiger partial charge is 0.315 e. The number of aryl methyl sites for hydroxylation is 1. The molecule has 0 aliphatic heterocycles. The van der Waals surface area contributed by atoms with Crippen LogP contribution in [0, 0.1) is 12.8 Å². The lowest BCUT2D eigenvalue weighted by atomic mass is 10.1. The monoisotopic (exact) mass is 278 g/mol. The number of hydrogen-bond donors (Lipinski definition) is 3. The number of ether oxygens (including phenoxy) is 1. The third kappa shape index (κ3) is 4.74. The number of rotatable bonds is 7. The molecule has 5 heteroatoms. The number of aliphatic hydroxyl groups excluding tert-OH is 1. The third-order valence-electron chi connectivity index (χ3n) is 3.23. The maximum absolute atomic E-state index is 11.5. The first-order valence-corrected chi connectivity index (χ1v) is 7.04. The Bertz CT molecular complexity index is 458. The number of nitrogens with one attached hydrogen (secondary N) is 2. The summed E-state index contributed by atoms with van der Waals surface area (Å²) in [4.78, 5) is 11.5. The Balaban J connectivity index is 1.89. The van der Waals surface area contributed by atoms with Crippen LogP contribution in [0.3, 0.4) is 0 Å². The van der Waals surface area contributed by atoms with Crippen LogP contribution in [0.25, 0.3) is 0 Å². The van der Waals surface area contributed by atoms with E-state index in [0.29, 0.717) is 12.5 Å². The SMILES string of the molecule is Cc1ccc(CNC(=O)NCCO)c(OCC2CC2)c1. The predicted octanol–water partition coefficient (Wildman–Crippen LogP) is 1.58. The van der Waals surface area contributed by atoms with Gasteiger partial charge in [-0.1, -0.05) is 12.1 Å². The van der Waals surface area contributed by atoms with Gasteiger partial charge in [0.1, 0.15) is 5.75 Å². The molecule has 2 rings (SSSR count). The highest BCUT2D eigenvalue weighted by Gasteiger charge is 2.22. The van der Waals surface area contributed by atoms with Crippen molar-refractivity contribution in [3.8, 4) is 5.75 Å². The molecule has 0 atom stereocenters. The highest BCUT2D eigenvalue weighted by atomic mass is 16.5. The minimum Gasteiger partial charge on any atom is -0.493 e. The molecule has 0 saturated heterocycles. The molecule has 1 aromatic rings.